The van der Waals surface area contributed by atoms with Crippen LogP contribution in [-0.2, 0) is 19.6 Å². The molecule has 144 valence electrons. The maximum atomic E-state index is 14.6. The van der Waals surface area contributed by atoms with Crippen molar-refractivity contribution in [2.45, 2.75) is 19.6 Å². The lowest BCUT2D eigenvalue weighted by Gasteiger charge is -2.15. The molecule has 0 atom stereocenters. The van der Waals surface area contributed by atoms with Crippen LogP contribution >= 0.6 is 15.9 Å². The fraction of sp³-hybridized carbons (Fsp3) is 0.200. The minimum Gasteiger partial charge on any atom is -0.496 e. The Balaban J connectivity index is 1.78. The molecule has 28 heavy (non-hydrogen) atoms. The average Bonchev–Trinajstić information content (AvgIpc) is 3.20. The summed E-state index contributed by atoms with van der Waals surface area (Å²) in [5, 5.41) is 13.9. The molecule has 0 unspecified atom stereocenters. The largest absolute Gasteiger partial charge is 0.496 e. The summed E-state index contributed by atoms with van der Waals surface area (Å²) in [4.78, 5) is 12.6. The Hall–Kier alpha value is -2.87. The van der Waals surface area contributed by atoms with Gasteiger partial charge in [-0.1, -0.05) is 18.2 Å². The second-order valence-corrected chi connectivity index (χ2v) is 7.37. The van der Waals surface area contributed by atoms with Gasteiger partial charge in [0, 0.05) is 11.1 Å². The van der Waals surface area contributed by atoms with E-state index in [1.807, 2.05) is 18.2 Å². The lowest BCUT2D eigenvalue weighted by Crippen LogP contribution is -2.24. The van der Waals surface area contributed by atoms with Crippen LogP contribution < -0.4 is 4.74 Å². The number of amides is 1. The number of nitrogens with zero attached hydrogens (tertiary/aromatic N) is 3. The monoisotopic (exact) mass is 445 g/mol. The fourth-order valence-electron chi connectivity index (χ4n) is 3.45. The summed E-state index contributed by atoms with van der Waals surface area (Å²) in [5.74, 6) is 0.356. The molecule has 2 aromatic carbocycles. The van der Waals surface area contributed by atoms with Gasteiger partial charge in [0.25, 0.3) is 0 Å². The molecule has 1 aliphatic heterocycles. The van der Waals surface area contributed by atoms with Crippen molar-refractivity contribution >= 4 is 22.0 Å². The van der Waals surface area contributed by atoms with Crippen molar-refractivity contribution < 1.29 is 19.0 Å². The summed E-state index contributed by atoms with van der Waals surface area (Å²) in [6.07, 6.45) is -1.01. The van der Waals surface area contributed by atoms with Gasteiger partial charge < -0.3 is 9.84 Å². The van der Waals surface area contributed by atoms with E-state index in [1.54, 1.807) is 30.0 Å². The Morgan fingerprint density at radius 3 is 2.75 bits per heavy atom. The highest BCUT2D eigenvalue weighted by molar-refractivity contribution is 9.10. The molecule has 0 saturated heterocycles. The first-order valence-corrected chi connectivity index (χ1v) is 9.41. The Kier molecular flexibility index (Phi) is 4.80. The summed E-state index contributed by atoms with van der Waals surface area (Å²) in [6, 6.07) is 12.2. The topological polar surface area (TPSA) is 67.6 Å². The second-order valence-electron chi connectivity index (χ2n) is 6.52. The first kappa shape index (κ1) is 18.5. The van der Waals surface area contributed by atoms with E-state index in [2.05, 4.69) is 21.0 Å². The molecular formula is C20H17BrFN3O3. The zero-order chi connectivity index (χ0) is 19.8. The van der Waals surface area contributed by atoms with Crippen LogP contribution in [0, 0.1) is 5.82 Å². The van der Waals surface area contributed by atoms with Crippen molar-refractivity contribution in [3.05, 3.63) is 69.6 Å². The van der Waals surface area contributed by atoms with Gasteiger partial charge >= 0.3 is 6.09 Å². The van der Waals surface area contributed by atoms with Crippen molar-refractivity contribution in [2.24, 2.45) is 0 Å². The Morgan fingerprint density at radius 2 is 2.07 bits per heavy atom. The molecule has 2 heterocycles. The number of halogens is 2. The van der Waals surface area contributed by atoms with Gasteiger partial charge in [0.1, 0.15) is 11.6 Å². The Morgan fingerprint density at radius 1 is 1.29 bits per heavy atom. The molecule has 4 rings (SSSR count). The van der Waals surface area contributed by atoms with Crippen LogP contribution in [0.3, 0.4) is 0 Å². The Labute approximate surface area is 169 Å². The van der Waals surface area contributed by atoms with Crippen LogP contribution in [0.15, 0.2) is 46.9 Å². The Bertz CT molecular complexity index is 1070. The van der Waals surface area contributed by atoms with Gasteiger partial charge in [0.15, 0.2) is 0 Å². The highest BCUT2D eigenvalue weighted by atomic mass is 79.9. The van der Waals surface area contributed by atoms with Crippen molar-refractivity contribution in [3.63, 3.8) is 0 Å². The average molecular weight is 446 g/mol. The number of benzene rings is 2. The van der Waals surface area contributed by atoms with Crippen molar-refractivity contribution in [1.82, 2.24) is 14.7 Å². The van der Waals surface area contributed by atoms with E-state index in [0.717, 1.165) is 21.3 Å². The molecule has 8 heteroatoms. The van der Waals surface area contributed by atoms with Gasteiger partial charge in [0.05, 0.1) is 42.6 Å². The molecule has 1 aliphatic rings. The summed E-state index contributed by atoms with van der Waals surface area (Å²) in [7, 11) is 1.60. The standard InChI is InChI=1S/C20H17BrFN3O3/c1-28-18-7-6-12(8-15(18)21)9-25-19(13-4-2-3-5-16(13)22)14-10-24(20(26)27)11-17(14)23-25/h2-8H,9-11H2,1H3,(H,26,27). The number of aromatic nitrogens is 2. The predicted molar refractivity (Wildman–Crippen MR) is 105 cm³/mol. The van der Waals surface area contributed by atoms with Crippen molar-refractivity contribution in [1.29, 1.82) is 0 Å². The van der Waals surface area contributed by atoms with E-state index in [4.69, 9.17) is 4.74 Å². The lowest BCUT2D eigenvalue weighted by atomic mass is 10.1. The summed E-state index contributed by atoms with van der Waals surface area (Å²) in [5.41, 5.74) is 3.40. The number of carboxylic acid groups (broad SMARTS) is 1. The minimum absolute atomic E-state index is 0.195. The molecule has 0 saturated carbocycles. The summed E-state index contributed by atoms with van der Waals surface area (Å²) >= 11 is 3.48. The summed E-state index contributed by atoms with van der Waals surface area (Å²) < 4.78 is 22.4. The number of carbonyl (C=O) groups is 1. The van der Waals surface area contributed by atoms with Crippen LogP contribution in [0.4, 0.5) is 9.18 Å². The SMILES string of the molecule is COc1ccc(Cn2nc3c(c2-c2ccccc2F)CN(C(=O)O)C3)cc1Br. The van der Waals surface area contributed by atoms with Crippen LogP contribution in [0.25, 0.3) is 11.3 Å². The van der Waals surface area contributed by atoms with Crippen molar-refractivity contribution in [3.8, 4) is 17.0 Å². The van der Waals surface area contributed by atoms with E-state index in [1.165, 1.54) is 11.0 Å². The van der Waals surface area contributed by atoms with E-state index in [9.17, 15) is 14.3 Å². The molecular weight excluding hydrogens is 429 g/mol. The first-order chi connectivity index (χ1) is 13.5. The molecule has 0 radical (unpaired) electrons. The highest BCUT2D eigenvalue weighted by Crippen LogP contribution is 2.35. The van der Waals surface area contributed by atoms with Crippen LogP contribution in [0.1, 0.15) is 16.8 Å². The quantitative estimate of drug-likeness (QED) is 0.641. The zero-order valence-corrected chi connectivity index (χ0v) is 16.6. The smallest absolute Gasteiger partial charge is 0.407 e. The van der Waals surface area contributed by atoms with Gasteiger partial charge in [-0.3, -0.25) is 9.58 Å². The third kappa shape index (κ3) is 3.24. The summed E-state index contributed by atoms with van der Waals surface area (Å²) in [6.45, 7) is 0.818. The first-order valence-electron chi connectivity index (χ1n) is 8.61. The third-order valence-corrected chi connectivity index (χ3v) is 5.39. The number of methoxy groups -OCH3 is 1. The lowest BCUT2D eigenvalue weighted by molar-refractivity contribution is 0.144. The normalized spacial score (nSPS) is 12.9. The minimum atomic E-state index is -1.01. The van der Waals surface area contributed by atoms with Gasteiger partial charge in [-0.2, -0.15) is 5.10 Å². The number of rotatable bonds is 4. The molecule has 1 aromatic heterocycles. The maximum Gasteiger partial charge on any atom is 0.407 e. The fourth-order valence-corrected chi connectivity index (χ4v) is 4.04. The second kappa shape index (κ2) is 7.27. The number of ether oxygens (including phenoxy) is 1. The number of hydrogen-bond donors (Lipinski definition) is 1. The molecule has 0 spiro atoms. The van der Waals surface area contributed by atoms with E-state index >= 15 is 0 Å². The number of fused-ring (bicyclic) bond motifs is 1. The van der Waals surface area contributed by atoms with Crippen LogP contribution in [0.2, 0.25) is 0 Å². The van der Waals surface area contributed by atoms with Gasteiger partial charge in [0.2, 0.25) is 0 Å². The van der Waals surface area contributed by atoms with Gasteiger partial charge in [-0.05, 0) is 45.8 Å². The van der Waals surface area contributed by atoms with E-state index < -0.39 is 6.09 Å². The van der Waals surface area contributed by atoms with E-state index in [-0.39, 0.29) is 18.9 Å². The molecule has 0 aliphatic carbocycles. The molecule has 1 N–H and O–H groups in total. The third-order valence-electron chi connectivity index (χ3n) is 4.77. The molecule has 1 amide bonds. The van der Waals surface area contributed by atoms with E-state index in [0.29, 0.717) is 23.5 Å². The van der Waals surface area contributed by atoms with Crippen LogP contribution in [0.5, 0.6) is 5.75 Å². The molecule has 0 fully saturated rings. The van der Waals surface area contributed by atoms with Crippen LogP contribution in [-0.4, -0.2) is 33.0 Å². The highest BCUT2D eigenvalue weighted by Gasteiger charge is 2.31. The molecule has 6 nitrogen and oxygen atoms in total. The predicted octanol–water partition coefficient (Wildman–Crippen LogP) is 4.50. The van der Waals surface area contributed by atoms with Gasteiger partial charge in [-0.15, -0.1) is 0 Å². The molecule has 0 bridgehead atoms. The van der Waals surface area contributed by atoms with Gasteiger partial charge in [-0.25, -0.2) is 9.18 Å². The van der Waals surface area contributed by atoms with Crippen molar-refractivity contribution in [2.75, 3.05) is 7.11 Å². The number of hydrogen-bond acceptors (Lipinski definition) is 3. The zero-order valence-electron chi connectivity index (χ0n) is 15.0. The molecule has 3 aromatic rings. The maximum absolute atomic E-state index is 14.6.